The van der Waals surface area contributed by atoms with Crippen molar-refractivity contribution in [3.05, 3.63) is 102 Å². The summed E-state index contributed by atoms with van der Waals surface area (Å²) in [5.41, 5.74) is 7.31. The van der Waals surface area contributed by atoms with Crippen molar-refractivity contribution < 1.29 is 0 Å². The van der Waals surface area contributed by atoms with Gasteiger partial charge in [0.15, 0.2) is 0 Å². The van der Waals surface area contributed by atoms with Crippen LogP contribution >= 0.6 is 0 Å². The molecule has 0 saturated carbocycles. The molecule has 3 aromatic rings. The van der Waals surface area contributed by atoms with Gasteiger partial charge >= 0.3 is 0 Å². The van der Waals surface area contributed by atoms with Gasteiger partial charge in [-0.15, -0.1) is 0 Å². The predicted molar refractivity (Wildman–Crippen MR) is 121 cm³/mol. The van der Waals surface area contributed by atoms with Gasteiger partial charge in [0.2, 0.25) is 0 Å². The summed E-state index contributed by atoms with van der Waals surface area (Å²) in [7, 11) is 0. The van der Waals surface area contributed by atoms with Crippen molar-refractivity contribution in [3.8, 4) is 0 Å². The SMILES string of the molecule is c1ccc(N=C2C(C3=NCCCN3)=C(Nc3ccccc3)c3ccccc32)cc1. The third-order valence-corrected chi connectivity index (χ3v) is 5.11. The van der Waals surface area contributed by atoms with Crippen molar-refractivity contribution in [2.24, 2.45) is 9.98 Å². The molecule has 142 valence electrons. The lowest BCUT2D eigenvalue weighted by Gasteiger charge is -2.18. The van der Waals surface area contributed by atoms with Crippen LogP contribution in [0.3, 0.4) is 0 Å². The molecular formula is C25H22N4. The van der Waals surface area contributed by atoms with E-state index < -0.39 is 0 Å². The Hall–Kier alpha value is -3.66. The summed E-state index contributed by atoms with van der Waals surface area (Å²) >= 11 is 0. The van der Waals surface area contributed by atoms with Crippen molar-refractivity contribution in [1.29, 1.82) is 0 Å². The Morgan fingerprint density at radius 1 is 0.793 bits per heavy atom. The molecule has 3 aromatic carbocycles. The maximum atomic E-state index is 5.05. The highest BCUT2D eigenvalue weighted by atomic mass is 15.0. The highest BCUT2D eigenvalue weighted by Gasteiger charge is 2.31. The minimum absolute atomic E-state index is 0.833. The van der Waals surface area contributed by atoms with Gasteiger partial charge in [-0.25, -0.2) is 4.99 Å². The highest BCUT2D eigenvalue weighted by Crippen LogP contribution is 2.36. The van der Waals surface area contributed by atoms with Gasteiger partial charge < -0.3 is 10.6 Å². The smallest absolute Gasteiger partial charge is 0.132 e. The molecule has 2 N–H and O–H groups in total. The minimum Gasteiger partial charge on any atom is -0.370 e. The van der Waals surface area contributed by atoms with E-state index in [4.69, 9.17) is 9.98 Å². The minimum atomic E-state index is 0.833. The number of hydrogen-bond acceptors (Lipinski definition) is 4. The zero-order valence-corrected chi connectivity index (χ0v) is 16.1. The fourth-order valence-electron chi connectivity index (χ4n) is 3.77. The Kier molecular flexibility index (Phi) is 4.67. The van der Waals surface area contributed by atoms with Crippen molar-refractivity contribution in [3.63, 3.8) is 0 Å². The molecule has 4 heteroatoms. The van der Waals surface area contributed by atoms with Gasteiger partial charge in [-0.1, -0.05) is 60.7 Å². The maximum absolute atomic E-state index is 5.05. The molecular weight excluding hydrogens is 356 g/mol. The molecule has 0 amide bonds. The molecule has 0 atom stereocenters. The van der Waals surface area contributed by atoms with Crippen LogP contribution in [0, 0.1) is 0 Å². The highest BCUT2D eigenvalue weighted by molar-refractivity contribution is 6.38. The Labute approximate surface area is 170 Å². The molecule has 0 bridgehead atoms. The van der Waals surface area contributed by atoms with Gasteiger partial charge in [0.1, 0.15) is 5.84 Å². The number of nitrogens with zero attached hydrogens (tertiary/aromatic N) is 2. The molecule has 1 aliphatic carbocycles. The average Bonchev–Trinajstić information content (AvgIpc) is 3.09. The number of nitrogens with one attached hydrogen (secondary N) is 2. The second-order valence-corrected chi connectivity index (χ2v) is 7.09. The van der Waals surface area contributed by atoms with E-state index in [0.29, 0.717) is 0 Å². The summed E-state index contributed by atoms with van der Waals surface area (Å²) in [6, 6.07) is 28.8. The quantitative estimate of drug-likeness (QED) is 0.668. The zero-order chi connectivity index (χ0) is 19.5. The largest absolute Gasteiger partial charge is 0.370 e. The molecule has 0 aromatic heterocycles. The van der Waals surface area contributed by atoms with Crippen molar-refractivity contribution >= 4 is 28.6 Å². The van der Waals surface area contributed by atoms with Gasteiger partial charge in [0, 0.05) is 29.9 Å². The molecule has 0 fully saturated rings. The molecule has 0 radical (unpaired) electrons. The lowest BCUT2D eigenvalue weighted by Crippen LogP contribution is -2.33. The topological polar surface area (TPSA) is 48.8 Å². The van der Waals surface area contributed by atoms with Crippen LogP contribution in [-0.2, 0) is 0 Å². The van der Waals surface area contributed by atoms with Crippen LogP contribution in [0.15, 0.2) is 100 Å². The molecule has 1 heterocycles. The van der Waals surface area contributed by atoms with Crippen LogP contribution in [-0.4, -0.2) is 24.6 Å². The number of anilines is 1. The fraction of sp³-hybridized carbons (Fsp3) is 0.120. The number of aliphatic imine (C=N–C) groups is 2. The van der Waals surface area contributed by atoms with Crippen LogP contribution in [0.2, 0.25) is 0 Å². The fourth-order valence-corrected chi connectivity index (χ4v) is 3.77. The van der Waals surface area contributed by atoms with Crippen LogP contribution in [0.25, 0.3) is 5.70 Å². The molecule has 5 rings (SSSR count). The van der Waals surface area contributed by atoms with Gasteiger partial charge in [0.05, 0.1) is 22.7 Å². The predicted octanol–water partition coefficient (Wildman–Crippen LogP) is 5.04. The van der Waals surface area contributed by atoms with E-state index in [-0.39, 0.29) is 0 Å². The normalized spacial score (nSPS) is 17.0. The van der Waals surface area contributed by atoms with E-state index in [1.807, 2.05) is 48.5 Å². The number of hydrogen-bond donors (Lipinski definition) is 2. The van der Waals surface area contributed by atoms with Crippen LogP contribution in [0.5, 0.6) is 0 Å². The third-order valence-electron chi connectivity index (χ3n) is 5.11. The van der Waals surface area contributed by atoms with Gasteiger partial charge in [-0.05, 0) is 30.7 Å². The Bertz CT molecular complexity index is 1110. The van der Waals surface area contributed by atoms with E-state index in [2.05, 4.69) is 47.0 Å². The number of amidine groups is 1. The summed E-state index contributed by atoms with van der Waals surface area (Å²) in [4.78, 5) is 9.85. The Morgan fingerprint density at radius 2 is 1.48 bits per heavy atom. The van der Waals surface area contributed by atoms with E-state index in [1.54, 1.807) is 0 Å². The lowest BCUT2D eigenvalue weighted by atomic mass is 10.1. The third kappa shape index (κ3) is 3.45. The monoisotopic (exact) mass is 378 g/mol. The number of para-hydroxylation sites is 2. The Morgan fingerprint density at radius 3 is 2.21 bits per heavy atom. The molecule has 1 aliphatic heterocycles. The number of rotatable bonds is 4. The number of fused-ring (bicyclic) bond motifs is 1. The molecule has 0 unspecified atom stereocenters. The first-order valence-electron chi connectivity index (χ1n) is 9.99. The van der Waals surface area contributed by atoms with Crippen LogP contribution in [0.4, 0.5) is 11.4 Å². The van der Waals surface area contributed by atoms with E-state index in [1.165, 1.54) is 0 Å². The van der Waals surface area contributed by atoms with Crippen molar-refractivity contribution in [2.45, 2.75) is 6.42 Å². The molecule has 29 heavy (non-hydrogen) atoms. The summed E-state index contributed by atoms with van der Waals surface area (Å²) < 4.78 is 0. The molecule has 0 saturated heterocycles. The summed E-state index contributed by atoms with van der Waals surface area (Å²) in [5, 5.41) is 7.14. The Balaban J connectivity index is 1.72. The van der Waals surface area contributed by atoms with E-state index >= 15 is 0 Å². The summed E-state index contributed by atoms with van der Waals surface area (Å²) in [5.74, 6) is 0.917. The maximum Gasteiger partial charge on any atom is 0.132 e. The first kappa shape index (κ1) is 17.4. The van der Waals surface area contributed by atoms with Crippen LogP contribution in [0.1, 0.15) is 17.5 Å². The van der Waals surface area contributed by atoms with E-state index in [9.17, 15) is 0 Å². The first-order valence-corrected chi connectivity index (χ1v) is 9.99. The van der Waals surface area contributed by atoms with Crippen LogP contribution < -0.4 is 10.6 Å². The first-order chi connectivity index (χ1) is 14.4. The standard InChI is InChI=1S/C25H22N4/c1-3-10-18(11-4-1)28-23-20-14-7-8-15-21(20)24(29-19-12-5-2-6-13-19)22(23)25-26-16-9-17-27-25/h1-8,10-15,28H,9,16-17H2,(H,26,27). The van der Waals surface area contributed by atoms with Gasteiger partial charge in [-0.3, -0.25) is 4.99 Å². The van der Waals surface area contributed by atoms with Crippen molar-refractivity contribution in [2.75, 3.05) is 18.4 Å². The van der Waals surface area contributed by atoms with Crippen molar-refractivity contribution in [1.82, 2.24) is 5.32 Å². The zero-order valence-electron chi connectivity index (χ0n) is 16.1. The summed E-state index contributed by atoms with van der Waals surface area (Å²) in [6.45, 7) is 1.76. The number of benzene rings is 3. The van der Waals surface area contributed by atoms with E-state index in [0.717, 1.165) is 64.8 Å². The van der Waals surface area contributed by atoms with Gasteiger partial charge in [0.25, 0.3) is 0 Å². The molecule has 0 spiro atoms. The summed E-state index contributed by atoms with van der Waals surface area (Å²) in [6.07, 6.45) is 1.05. The lowest BCUT2D eigenvalue weighted by molar-refractivity contribution is 0.743. The second-order valence-electron chi connectivity index (χ2n) is 7.09. The molecule has 4 nitrogen and oxygen atoms in total. The second kappa shape index (κ2) is 7.76. The molecule has 2 aliphatic rings. The van der Waals surface area contributed by atoms with Gasteiger partial charge in [-0.2, -0.15) is 0 Å². The average molecular weight is 378 g/mol.